The summed E-state index contributed by atoms with van der Waals surface area (Å²) in [4.78, 5) is 12.2. The minimum absolute atomic E-state index is 0.106. The molecule has 128 valence electrons. The molecule has 0 amide bonds. The average molecular weight is 350 g/mol. The molecule has 0 radical (unpaired) electrons. The molecule has 7 nitrogen and oxygen atoms in total. The standard InChI is InChI=1S/C16H18N2O5S/c1-4-23-16(19)12-8-13(18(2)17-12)11-7-10-5-6-24(20,21)15(10)9-14(11)22-3/h7-9H,4-6H2,1-3H3. The summed E-state index contributed by atoms with van der Waals surface area (Å²) in [7, 11) is -0.0480. The summed E-state index contributed by atoms with van der Waals surface area (Å²) < 4.78 is 36.0. The third-order valence-corrected chi connectivity index (χ3v) is 5.79. The molecule has 0 N–H and O–H groups in total. The molecule has 1 aromatic carbocycles. The number of sulfone groups is 1. The van der Waals surface area contributed by atoms with Crippen molar-refractivity contribution in [1.82, 2.24) is 9.78 Å². The van der Waals surface area contributed by atoms with E-state index >= 15 is 0 Å². The maximum Gasteiger partial charge on any atom is 0.358 e. The van der Waals surface area contributed by atoms with Crippen molar-refractivity contribution in [3.05, 3.63) is 29.5 Å². The van der Waals surface area contributed by atoms with Crippen molar-refractivity contribution in [2.75, 3.05) is 19.5 Å². The van der Waals surface area contributed by atoms with Gasteiger partial charge in [0, 0.05) is 12.6 Å². The molecule has 1 aliphatic rings. The van der Waals surface area contributed by atoms with Crippen LogP contribution in [0.15, 0.2) is 23.1 Å². The van der Waals surface area contributed by atoms with E-state index in [0.29, 0.717) is 28.3 Å². The van der Waals surface area contributed by atoms with Crippen LogP contribution in [-0.4, -0.2) is 43.6 Å². The number of fused-ring (bicyclic) bond motifs is 1. The minimum atomic E-state index is -3.24. The van der Waals surface area contributed by atoms with Gasteiger partial charge in [0.25, 0.3) is 0 Å². The first kappa shape index (κ1) is 16.5. The van der Waals surface area contributed by atoms with Gasteiger partial charge in [0.2, 0.25) is 0 Å². The first-order valence-electron chi connectivity index (χ1n) is 7.52. The molecule has 3 rings (SSSR count). The fourth-order valence-corrected chi connectivity index (χ4v) is 4.39. The van der Waals surface area contributed by atoms with Crippen LogP contribution in [0.3, 0.4) is 0 Å². The highest BCUT2D eigenvalue weighted by atomic mass is 32.2. The Labute approximate surface area is 140 Å². The predicted molar refractivity (Wildman–Crippen MR) is 86.9 cm³/mol. The highest BCUT2D eigenvalue weighted by Gasteiger charge is 2.29. The van der Waals surface area contributed by atoms with E-state index in [1.54, 1.807) is 36.9 Å². The SMILES string of the molecule is CCOC(=O)c1cc(-c2cc3c(cc2OC)S(=O)(=O)CC3)n(C)n1. The van der Waals surface area contributed by atoms with Crippen molar-refractivity contribution in [3.63, 3.8) is 0 Å². The largest absolute Gasteiger partial charge is 0.496 e. The Morgan fingerprint density at radius 1 is 1.33 bits per heavy atom. The summed E-state index contributed by atoms with van der Waals surface area (Å²) in [5, 5.41) is 4.17. The molecule has 8 heteroatoms. The second kappa shape index (κ2) is 5.94. The summed E-state index contributed by atoms with van der Waals surface area (Å²) in [5.41, 5.74) is 2.30. The molecule has 0 saturated carbocycles. The van der Waals surface area contributed by atoms with Gasteiger partial charge >= 0.3 is 5.97 Å². The maximum atomic E-state index is 12.1. The van der Waals surface area contributed by atoms with Crippen LogP contribution in [0.5, 0.6) is 5.75 Å². The van der Waals surface area contributed by atoms with Crippen LogP contribution in [0, 0.1) is 0 Å². The number of esters is 1. The molecule has 2 heterocycles. The number of benzene rings is 1. The Morgan fingerprint density at radius 2 is 2.08 bits per heavy atom. The summed E-state index contributed by atoms with van der Waals surface area (Å²) >= 11 is 0. The number of carbonyl (C=O) groups excluding carboxylic acids is 1. The van der Waals surface area contributed by atoms with Gasteiger partial charge in [-0.05, 0) is 37.1 Å². The van der Waals surface area contributed by atoms with E-state index < -0.39 is 15.8 Å². The third kappa shape index (κ3) is 2.66. The zero-order valence-corrected chi connectivity index (χ0v) is 14.5. The molecule has 0 fully saturated rings. The van der Waals surface area contributed by atoms with Gasteiger partial charge in [-0.3, -0.25) is 4.68 Å². The van der Waals surface area contributed by atoms with Crippen molar-refractivity contribution < 1.29 is 22.7 Å². The van der Waals surface area contributed by atoms with E-state index in [9.17, 15) is 13.2 Å². The molecule has 0 spiro atoms. The number of carbonyl (C=O) groups is 1. The summed E-state index contributed by atoms with van der Waals surface area (Å²) in [6, 6.07) is 4.96. The maximum absolute atomic E-state index is 12.1. The molecule has 0 aliphatic carbocycles. The number of hydrogen-bond donors (Lipinski definition) is 0. The molecule has 0 bridgehead atoms. The Hall–Kier alpha value is -2.35. The normalized spacial score (nSPS) is 15.1. The molecule has 0 saturated heterocycles. The fraction of sp³-hybridized carbons (Fsp3) is 0.375. The van der Waals surface area contributed by atoms with E-state index in [1.165, 1.54) is 7.11 Å². The van der Waals surface area contributed by atoms with Gasteiger partial charge in [-0.25, -0.2) is 13.2 Å². The van der Waals surface area contributed by atoms with Gasteiger partial charge in [-0.15, -0.1) is 0 Å². The Kier molecular flexibility index (Phi) is 4.08. The molecule has 0 unspecified atom stereocenters. The summed E-state index contributed by atoms with van der Waals surface area (Å²) in [5.74, 6) is 0.0358. The van der Waals surface area contributed by atoms with Gasteiger partial charge in [0.15, 0.2) is 15.5 Å². The number of methoxy groups -OCH3 is 1. The minimum Gasteiger partial charge on any atom is -0.496 e. The number of hydrogen-bond acceptors (Lipinski definition) is 6. The van der Waals surface area contributed by atoms with E-state index in [0.717, 1.165) is 5.56 Å². The van der Waals surface area contributed by atoms with E-state index in [1.807, 2.05) is 0 Å². The lowest BCUT2D eigenvalue weighted by Gasteiger charge is -2.11. The lowest BCUT2D eigenvalue weighted by Crippen LogP contribution is -2.06. The van der Waals surface area contributed by atoms with Crippen LogP contribution in [-0.2, 0) is 28.0 Å². The van der Waals surface area contributed by atoms with Crippen molar-refractivity contribution in [1.29, 1.82) is 0 Å². The van der Waals surface area contributed by atoms with Crippen molar-refractivity contribution in [2.45, 2.75) is 18.2 Å². The molecule has 2 aromatic rings. The Morgan fingerprint density at radius 3 is 2.75 bits per heavy atom. The average Bonchev–Trinajstić information content (AvgIpc) is 3.07. The first-order chi connectivity index (χ1) is 11.4. The van der Waals surface area contributed by atoms with Crippen LogP contribution in [0.1, 0.15) is 23.0 Å². The summed E-state index contributed by atoms with van der Waals surface area (Å²) in [6.07, 6.45) is 0.469. The van der Waals surface area contributed by atoms with Gasteiger partial charge in [-0.2, -0.15) is 5.10 Å². The zero-order chi connectivity index (χ0) is 17.5. The van der Waals surface area contributed by atoms with Gasteiger partial charge in [0.1, 0.15) is 5.75 Å². The smallest absolute Gasteiger partial charge is 0.358 e. The number of aromatic nitrogens is 2. The van der Waals surface area contributed by atoms with Crippen LogP contribution in [0.25, 0.3) is 11.3 Å². The van der Waals surface area contributed by atoms with E-state index in [4.69, 9.17) is 9.47 Å². The molecule has 24 heavy (non-hydrogen) atoms. The van der Waals surface area contributed by atoms with Crippen molar-refractivity contribution in [2.24, 2.45) is 7.05 Å². The molecule has 0 atom stereocenters. The van der Waals surface area contributed by atoms with Crippen LogP contribution >= 0.6 is 0 Å². The molecular weight excluding hydrogens is 332 g/mol. The number of nitrogens with zero attached hydrogens (tertiary/aromatic N) is 2. The van der Waals surface area contributed by atoms with E-state index in [-0.39, 0.29) is 18.1 Å². The first-order valence-corrected chi connectivity index (χ1v) is 9.17. The quantitative estimate of drug-likeness (QED) is 0.779. The highest BCUT2D eigenvalue weighted by Crippen LogP contribution is 2.38. The second-order valence-corrected chi connectivity index (χ2v) is 7.57. The number of ether oxygens (including phenoxy) is 2. The lowest BCUT2D eigenvalue weighted by molar-refractivity contribution is 0.0518. The third-order valence-electron chi connectivity index (χ3n) is 4.00. The Bertz CT molecular complexity index is 915. The van der Waals surface area contributed by atoms with Gasteiger partial charge in [0.05, 0.1) is 30.1 Å². The predicted octanol–water partition coefficient (Wildman–Crippen LogP) is 1.60. The molecule has 1 aromatic heterocycles. The fourth-order valence-electron chi connectivity index (χ4n) is 2.84. The monoisotopic (exact) mass is 350 g/mol. The lowest BCUT2D eigenvalue weighted by atomic mass is 10.0. The number of rotatable bonds is 4. The van der Waals surface area contributed by atoms with Crippen molar-refractivity contribution >= 4 is 15.8 Å². The topological polar surface area (TPSA) is 87.5 Å². The summed E-state index contributed by atoms with van der Waals surface area (Å²) in [6.45, 7) is 2.00. The number of aryl methyl sites for hydroxylation is 2. The van der Waals surface area contributed by atoms with Crippen LogP contribution < -0.4 is 4.74 Å². The molecule has 1 aliphatic heterocycles. The van der Waals surface area contributed by atoms with E-state index in [2.05, 4.69) is 5.10 Å². The van der Waals surface area contributed by atoms with Crippen LogP contribution in [0.2, 0.25) is 0 Å². The second-order valence-electron chi connectivity index (χ2n) is 5.49. The molecular formula is C16H18N2O5S. The van der Waals surface area contributed by atoms with Gasteiger partial charge in [-0.1, -0.05) is 0 Å². The Balaban J connectivity index is 2.12. The van der Waals surface area contributed by atoms with Crippen LogP contribution in [0.4, 0.5) is 0 Å². The van der Waals surface area contributed by atoms with Crippen molar-refractivity contribution in [3.8, 4) is 17.0 Å². The zero-order valence-electron chi connectivity index (χ0n) is 13.7. The van der Waals surface area contributed by atoms with Gasteiger partial charge < -0.3 is 9.47 Å². The highest BCUT2D eigenvalue weighted by molar-refractivity contribution is 7.91.